The molecule has 146 valence electrons. The van der Waals surface area contributed by atoms with Crippen molar-refractivity contribution >= 4 is 29.1 Å². The molecular formula is C22H26N4OS. The Morgan fingerprint density at radius 2 is 2.00 bits per heavy atom. The topological polar surface area (TPSA) is 58.1 Å². The van der Waals surface area contributed by atoms with Gasteiger partial charge in [0.25, 0.3) is 0 Å². The van der Waals surface area contributed by atoms with Crippen LogP contribution in [0.25, 0.3) is 0 Å². The van der Waals surface area contributed by atoms with Crippen molar-refractivity contribution in [1.29, 1.82) is 0 Å². The Hall–Kier alpha value is -1.92. The van der Waals surface area contributed by atoms with Crippen molar-refractivity contribution < 1.29 is 4.79 Å². The average molecular weight is 395 g/mol. The number of Topliss-reactive ketones (excluding diaryl/α,β-unsaturated/α-hetero) is 1. The Labute approximate surface area is 170 Å². The molecule has 1 aliphatic carbocycles. The second-order valence-electron chi connectivity index (χ2n) is 8.48. The average Bonchev–Trinajstić information content (AvgIpc) is 2.66. The van der Waals surface area contributed by atoms with Gasteiger partial charge in [0, 0.05) is 43.3 Å². The summed E-state index contributed by atoms with van der Waals surface area (Å²) in [6.45, 7) is 4.99. The summed E-state index contributed by atoms with van der Waals surface area (Å²) in [6, 6.07) is 6.70. The fourth-order valence-corrected chi connectivity index (χ4v) is 6.16. The highest BCUT2D eigenvalue weighted by molar-refractivity contribution is 7.99. The normalized spacial score (nSPS) is 26.1. The zero-order chi connectivity index (χ0) is 19.1. The summed E-state index contributed by atoms with van der Waals surface area (Å²) in [5, 5.41) is 4.37. The highest BCUT2D eigenvalue weighted by Crippen LogP contribution is 2.44. The number of ketones is 1. The summed E-state index contributed by atoms with van der Waals surface area (Å²) in [4.78, 5) is 24.3. The van der Waals surface area contributed by atoms with Crippen molar-refractivity contribution in [3.63, 3.8) is 0 Å². The van der Waals surface area contributed by atoms with Crippen LogP contribution in [0.4, 0.5) is 11.5 Å². The van der Waals surface area contributed by atoms with Crippen LogP contribution in [0, 0.1) is 17.8 Å². The molecule has 2 fully saturated rings. The van der Waals surface area contributed by atoms with E-state index in [1.54, 1.807) is 31.1 Å². The summed E-state index contributed by atoms with van der Waals surface area (Å²) in [5.41, 5.74) is 2.46. The molecule has 3 heterocycles. The molecule has 0 spiro atoms. The highest BCUT2D eigenvalue weighted by Gasteiger charge is 2.39. The van der Waals surface area contributed by atoms with Crippen molar-refractivity contribution in [3.05, 3.63) is 36.2 Å². The number of aromatic nitrogens is 2. The minimum absolute atomic E-state index is 0.358. The number of fused-ring (bicyclic) bond motifs is 4. The molecule has 5 nitrogen and oxygen atoms in total. The molecule has 2 atom stereocenters. The molecule has 1 aromatic heterocycles. The van der Waals surface area contributed by atoms with Gasteiger partial charge in [-0.25, -0.2) is 9.97 Å². The number of anilines is 2. The van der Waals surface area contributed by atoms with Gasteiger partial charge in [-0.05, 0) is 55.2 Å². The van der Waals surface area contributed by atoms with E-state index in [0.29, 0.717) is 23.5 Å². The quantitative estimate of drug-likeness (QED) is 0.702. The van der Waals surface area contributed by atoms with Crippen LogP contribution in [0.15, 0.2) is 40.5 Å². The lowest BCUT2D eigenvalue weighted by Gasteiger charge is -2.47. The third-order valence-electron chi connectivity index (χ3n) is 6.44. The molecule has 1 saturated heterocycles. The van der Waals surface area contributed by atoms with Crippen LogP contribution in [0.2, 0.25) is 0 Å². The number of carbonyl (C=O) groups excluding carboxylic acids is 1. The van der Waals surface area contributed by atoms with Gasteiger partial charge >= 0.3 is 0 Å². The predicted octanol–water partition coefficient (Wildman–Crippen LogP) is 4.51. The Kier molecular flexibility index (Phi) is 4.85. The van der Waals surface area contributed by atoms with Crippen molar-refractivity contribution in [2.75, 3.05) is 18.4 Å². The lowest BCUT2D eigenvalue weighted by molar-refractivity contribution is -0.120. The smallest absolute Gasteiger partial charge is 0.163 e. The van der Waals surface area contributed by atoms with Crippen molar-refractivity contribution in [2.24, 2.45) is 17.8 Å². The first-order chi connectivity index (χ1) is 13.7. The number of nitrogens with one attached hydrogen (secondary N) is 1. The number of carbonyl (C=O) groups is 1. The molecular weight excluding hydrogens is 368 g/mol. The zero-order valence-corrected chi connectivity index (χ0v) is 17.0. The summed E-state index contributed by atoms with van der Waals surface area (Å²) >= 11 is 1.68. The molecule has 6 heteroatoms. The van der Waals surface area contributed by atoms with Crippen LogP contribution in [-0.4, -0.2) is 33.7 Å². The van der Waals surface area contributed by atoms with Gasteiger partial charge in [0.1, 0.15) is 10.8 Å². The number of likely N-dealkylation sites (tertiary alicyclic amines) is 1. The minimum Gasteiger partial charge on any atom is -0.337 e. The van der Waals surface area contributed by atoms with Gasteiger partial charge in [-0.15, -0.1) is 0 Å². The Morgan fingerprint density at radius 1 is 1.21 bits per heavy atom. The van der Waals surface area contributed by atoms with E-state index in [0.717, 1.165) is 42.6 Å². The lowest BCUT2D eigenvalue weighted by atomic mass is 9.67. The van der Waals surface area contributed by atoms with Crippen molar-refractivity contribution in [3.8, 4) is 0 Å². The van der Waals surface area contributed by atoms with Crippen LogP contribution in [0.3, 0.4) is 0 Å². The van der Waals surface area contributed by atoms with Crippen molar-refractivity contribution in [2.45, 2.75) is 49.1 Å². The van der Waals surface area contributed by atoms with Gasteiger partial charge in [0.05, 0.1) is 5.69 Å². The molecule has 0 radical (unpaired) electrons. The first-order valence-electron chi connectivity index (χ1n) is 10.3. The molecule has 3 aliphatic rings. The highest BCUT2D eigenvalue weighted by atomic mass is 32.2. The molecule has 28 heavy (non-hydrogen) atoms. The molecule has 1 saturated carbocycles. The molecule has 5 rings (SSSR count). The van der Waals surface area contributed by atoms with E-state index >= 15 is 0 Å². The van der Waals surface area contributed by atoms with E-state index < -0.39 is 0 Å². The number of hydrogen-bond donors (Lipinski definition) is 1. The van der Waals surface area contributed by atoms with Crippen LogP contribution in [0.5, 0.6) is 0 Å². The summed E-state index contributed by atoms with van der Waals surface area (Å²) in [7, 11) is 0. The number of nitrogens with zero attached hydrogens (tertiary/aromatic N) is 3. The molecule has 2 aliphatic heterocycles. The van der Waals surface area contributed by atoms with E-state index in [1.807, 2.05) is 0 Å². The third-order valence-corrected chi connectivity index (χ3v) is 7.51. The van der Waals surface area contributed by atoms with Gasteiger partial charge in [-0.2, -0.15) is 0 Å². The van der Waals surface area contributed by atoms with Gasteiger partial charge in [0.15, 0.2) is 5.82 Å². The fourth-order valence-electron chi connectivity index (χ4n) is 5.28. The monoisotopic (exact) mass is 394 g/mol. The molecule has 2 bridgehead atoms. The van der Waals surface area contributed by atoms with E-state index in [4.69, 9.17) is 0 Å². The van der Waals surface area contributed by atoms with E-state index in [9.17, 15) is 4.79 Å². The lowest BCUT2D eigenvalue weighted by Crippen LogP contribution is -2.48. The predicted molar refractivity (Wildman–Crippen MR) is 111 cm³/mol. The van der Waals surface area contributed by atoms with E-state index in [-0.39, 0.29) is 0 Å². The van der Waals surface area contributed by atoms with E-state index in [2.05, 4.69) is 38.4 Å². The maximum atomic E-state index is 11.7. The van der Waals surface area contributed by atoms with Crippen molar-refractivity contribution in [1.82, 2.24) is 14.9 Å². The second kappa shape index (κ2) is 7.48. The molecule has 2 unspecified atom stereocenters. The number of piperidine rings is 1. The minimum atomic E-state index is 0.358. The number of hydrogen-bond acceptors (Lipinski definition) is 6. The standard InChI is InChI=1S/C22H26N4OS/c1-14(27)9-18-16-3-2-4-17(18)13-26(12-16)11-15-5-6-20-19(10-15)25-21-22(28-20)24-8-7-23-21/h5-8,10,16-18H,2-4,9,11-13H2,1H3,(H,23,25). The zero-order valence-electron chi connectivity index (χ0n) is 16.2. The summed E-state index contributed by atoms with van der Waals surface area (Å²) < 4.78 is 0. The van der Waals surface area contributed by atoms with Crippen LogP contribution < -0.4 is 5.32 Å². The maximum absolute atomic E-state index is 11.7. The fraction of sp³-hybridized carbons (Fsp3) is 0.500. The van der Waals surface area contributed by atoms with Crippen LogP contribution in [-0.2, 0) is 11.3 Å². The first-order valence-corrected chi connectivity index (χ1v) is 11.1. The Morgan fingerprint density at radius 3 is 2.79 bits per heavy atom. The van der Waals surface area contributed by atoms with Gasteiger partial charge in [0.2, 0.25) is 0 Å². The maximum Gasteiger partial charge on any atom is 0.163 e. The summed E-state index contributed by atoms with van der Waals surface area (Å²) in [6.07, 6.45) is 8.14. The SMILES string of the molecule is CC(=O)CC1C2CCCC1CN(Cc1ccc3c(c1)Nc1nccnc1S3)C2. The number of benzene rings is 1. The third kappa shape index (κ3) is 3.55. The Balaban J connectivity index is 1.30. The second-order valence-corrected chi connectivity index (χ2v) is 9.51. The summed E-state index contributed by atoms with van der Waals surface area (Å²) in [5.74, 6) is 3.18. The number of rotatable bonds is 4. The molecule has 1 aromatic carbocycles. The molecule has 2 aromatic rings. The first kappa shape index (κ1) is 18.1. The van der Waals surface area contributed by atoms with E-state index in [1.165, 1.54) is 29.7 Å². The van der Waals surface area contributed by atoms with Gasteiger partial charge < -0.3 is 10.1 Å². The Bertz CT molecular complexity index is 888. The van der Waals surface area contributed by atoms with Gasteiger partial charge in [-0.1, -0.05) is 24.2 Å². The van der Waals surface area contributed by atoms with Crippen LogP contribution in [0.1, 0.15) is 38.2 Å². The largest absolute Gasteiger partial charge is 0.337 e. The van der Waals surface area contributed by atoms with Gasteiger partial charge in [-0.3, -0.25) is 4.90 Å². The molecule has 1 N–H and O–H groups in total. The molecule has 0 amide bonds. The van der Waals surface area contributed by atoms with Crippen LogP contribution >= 0.6 is 11.8 Å².